The molecule has 1 aliphatic rings. The Kier molecular flexibility index (Phi) is 3.56. The Morgan fingerprint density at radius 3 is 3.00 bits per heavy atom. The van der Waals surface area contributed by atoms with Crippen molar-refractivity contribution in [3.05, 3.63) is 47.9 Å². The number of hydrogen-bond donors (Lipinski definition) is 1. The zero-order valence-electron chi connectivity index (χ0n) is 11.2. The van der Waals surface area contributed by atoms with Gasteiger partial charge in [0.25, 0.3) is 0 Å². The monoisotopic (exact) mass is 257 g/mol. The van der Waals surface area contributed by atoms with Crippen molar-refractivity contribution in [1.29, 1.82) is 0 Å². The van der Waals surface area contributed by atoms with Crippen molar-refractivity contribution < 1.29 is 9.15 Å². The van der Waals surface area contributed by atoms with Crippen LogP contribution in [0.5, 0.6) is 0 Å². The van der Waals surface area contributed by atoms with E-state index in [-0.39, 0.29) is 6.04 Å². The molecule has 1 atom stereocenters. The Morgan fingerprint density at radius 2 is 2.21 bits per heavy atom. The molecule has 100 valence electrons. The fourth-order valence-corrected chi connectivity index (χ4v) is 2.51. The quantitative estimate of drug-likeness (QED) is 0.885. The third-order valence-electron chi connectivity index (χ3n) is 3.44. The fourth-order valence-electron chi connectivity index (χ4n) is 2.51. The van der Waals surface area contributed by atoms with E-state index in [9.17, 15) is 0 Å². The van der Waals surface area contributed by atoms with Crippen LogP contribution in [0.2, 0.25) is 0 Å². The second kappa shape index (κ2) is 5.49. The predicted molar refractivity (Wildman–Crippen MR) is 75.9 cm³/mol. The van der Waals surface area contributed by atoms with Crippen LogP contribution in [0.15, 0.2) is 46.8 Å². The van der Waals surface area contributed by atoms with E-state index in [0.29, 0.717) is 0 Å². The highest BCUT2D eigenvalue weighted by molar-refractivity contribution is 5.81. The Balaban J connectivity index is 1.98. The molecule has 2 aromatic rings. The summed E-state index contributed by atoms with van der Waals surface area (Å²) >= 11 is 0. The summed E-state index contributed by atoms with van der Waals surface area (Å²) in [5.41, 5.74) is 2.09. The summed E-state index contributed by atoms with van der Waals surface area (Å²) < 4.78 is 11.4. The molecule has 0 spiro atoms. The average Bonchev–Trinajstić information content (AvgIpc) is 3.09. The second-order valence-electron chi connectivity index (χ2n) is 4.82. The molecule has 1 aromatic carbocycles. The molecule has 19 heavy (non-hydrogen) atoms. The molecule has 0 fully saturated rings. The molecular formula is C16H19NO2. The van der Waals surface area contributed by atoms with Gasteiger partial charge >= 0.3 is 0 Å². The lowest BCUT2D eigenvalue weighted by Gasteiger charge is -2.18. The van der Waals surface area contributed by atoms with E-state index in [1.54, 1.807) is 0 Å². The summed E-state index contributed by atoms with van der Waals surface area (Å²) in [4.78, 5) is 0. The second-order valence-corrected chi connectivity index (χ2v) is 4.82. The number of fused-ring (bicyclic) bond motifs is 1. The molecular weight excluding hydrogens is 238 g/mol. The van der Waals surface area contributed by atoms with E-state index in [1.807, 2.05) is 24.5 Å². The van der Waals surface area contributed by atoms with Crippen LogP contribution in [-0.2, 0) is 4.74 Å². The van der Waals surface area contributed by atoms with Crippen LogP contribution < -0.4 is 5.32 Å². The van der Waals surface area contributed by atoms with Gasteiger partial charge in [0.1, 0.15) is 11.3 Å². The minimum absolute atomic E-state index is 0.103. The van der Waals surface area contributed by atoms with Crippen LogP contribution in [0.1, 0.15) is 31.4 Å². The normalized spacial score (nSPS) is 16.4. The summed E-state index contributed by atoms with van der Waals surface area (Å²) in [5.74, 6) is 1.03. The molecule has 0 radical (unpaired) electrons. The topological polar surface area (TPSA) is 34.4 Å². The highest BCUT2D eigenvalue weighted by Gasteiger charge is 2.23. The van der Waals surface area contributed by atoms with Crippen molar-refractivity contribution in [2.24, 2.45) is 0 Å². The Morgan fingerprint density at radius 1 is 1.32 bits per heavy atom. The summed E-state index contributed by atoms with van der Waals surface area (Å²) in [5, 5.41) is 4.71. The summed E-state index contributed by atoms with van der Waals surface area (Å²) in [6.07, 6.45) is 6.12. The van der Waals surface area contributed by atoms with Gasteiger partial charge in [-0.25, -0.2) is 0 Å². The van der Waals surface area contributed by atoms with Gasteiger partial charge < -0.3 is 14.5 Å². The number of para-hydroxylation sites is 1. The molecule has 0 aliphatic carbocycles. The van der Waals surface area contributed by atoms with Gasteiger partial charge in [0, 0.05) is 17.4 Å². The van der Waals surface area contributed by atoms with Crippen LogP contribution in [0.25, 0.3) is 11.0 Å². The maximum Gasteiger partial charge on any atom is 0.134 e. The molecule has 3 rings (SSSR count). The molecule has 3 heteroatoms. The first-order valence-electron chi connectivity index (χ1n) is 6.92. The maximum absolute atomic E-state index is 5.74. The molecule has 0 saturated heterocycles. The highest BCUT2D eigenvalue weighted by atomic mass is 16.5. The van der Waals surface area contributed by atoms with E-state index < -0.39 is 0 Å². The third-order valence-corrected chi connectivity index (χ3v) is 3.44. The van der Waals surface area contributed by atoms with Crippen LogP contribution in [0.3, 0.4) is 0 Å². The van der Waals surface area contributed by atoms with E-state index >= 15 is 0 Å². The fraction of sp³-hybridized carbons (Fsp3) is 0.375. The van der Waals surface area contributed by atoms with Gasteiger partial charge in [-0.15, -0.1) is 0 Å². The van der Waals surface area contributed by atoms with Gasteiger partial charge in [-0.05, 0) is 25.1 Å². The first-order valence-corrected chi connectivity index (χ1v) is 6.92. The SMILES string of the molecule is CCCNC(C1=CCCO1)c1coc2ccccc12. The number of benzene rings is 1. The molecule has 0 amide bonds. The number of nitrogens with one attached hydrogen (secondary N) is 1. The lowest BCUT2D eigenvalue weighted by atomic mass is 10.0. The molecule has 1 aliphatic heterocycles. The van der Waals surface area contributed by atoms with Crippen LogP contribution in [-0.4, -0.2) is 13.2 Å². The van der Waals surface area contributed by atoms with Gasteiger partial charge in [0.05, 0.1) is 18.9 Å². The van der Waals surface area contributed by atoms with Crippen LogP contribution in [0.4, 0.5) is 0 Å². The van der Waals surface area contributed by atoms with Crippen molar-refractivity contribution in [1.82, 2.24) is 5.32 Å². The lowest BCUT2D eigenvalue weighted by Crippen LogP contribution is -2.24. The van der Waals surface area contributed by atoms with E-state index in [1.165, 1.54) is 0 Å². The molecule has 0 bridgehead atoms. The number of rotatable bonds is 5. The standard InChI is InChI=1S/C16H19NO2/c1-2-9-17-16(15-8-5-10-18-15)13-11-19-14-7-4-3-6-12(13)14/h3-4,6-8,11,16-17H,2,5,9-10H2,1H3. The van der Waals surface area contributed by atoms with Gasteiger partial charge in [0.15, 0.2) is 0 Å². The lowest BCUT2D eigenvalue weighted by molar-refractivity contribution is 0.215. The van der Waals surface area contributed by atoms with Crippen molar-refractivity contribution in [3.8, 4) is 0 Å². The van der Waals surface area contributed by atoms with Gasteiger partial charge in [0.2, 0.25) is 0 Å². The van der Waals surface area contributed by atoms with Crippen LogP contribution in [0, 0.1) is 0 Å². The summed E-state index contributed by atoms with van der Waals surface area (Å²) in [6, 6.07) is 8.24. The van der Waals surface area contributed by atoms with E-state index in [4.69, 9.17) is 9.15 Å². The van der Waals surface area contributed by atoms with Crippen molar-refractivity contribution >= 4 is 11.0 Å². The number of furan rings is 1. The van der Waals surface area contributed by atoms with Crippen molar-refractivity contribution in [2.75, 3.05) is 13.2 Å². The Labute approximate surface area is 113 Å². The molecule has 3 nitrogen and oxygen atoms in total. The van der Waals surface area contributed by atoms with Gasteiger partial charge in [-0.2, -0.15) is 0 Å². The summed E-state index contributed by atoms with van der Waals surface area (Å²) in [7, 11) is 0. The smallest absolute Gasteiger partial charge is 0.134 e. The number of ether oxygens (including phenoxy) is 1. The average molecular weight is 257 g/mol. The molecule has 1 unspecified atom stereocenters. The Hall–Kier alpha value is -1.74. The highest BCUT2D eigenvalue weighted by Crippen LogP contribution is 2.32. The third kappa shape index (κ3) is 2.38. The minimum atomic E-state index is 0.103. The molecule has 0 saturated carbocycles. The Bertz CT molecular complexity index is 585. The van der Waals surface area contributed by atoms with Crippen LogP contribution >= 0.6 is 0 Å². The van der Waals surface area contributed by atoms with Gasteiger partial charge in [-0.1, -0.05) is 25.1 Å². The first-order chi connectivity index (χ1) is 9.40. The predicted octanol–water partition coefficient (Wildman–Crippen LogP) is 3.78. The zero-order valence-corrected chi connectivity index (χ0v) is 11.2. The van der Waals surface area contributed by atoms with E-state index in [2.05, 4.69) is 24.4 Å². The molecule has 1 N–H and O–H groups in total. The summed E-state index contributed by atoms with van der Waals surface area (Å²) in [6.45, 7) is 3.92. The maximum atomic E-state index is 5.74. The minimum Gasteiger partial charge on any atom is -0.496 e. The molecule has 2 heterocycles. The first kappa shape index (κ1) is 12.3. The zero-order chi connectivity index (χ0) is 13.1. The largest absolute Gasteiger partial charge is 0.496 e. The van der Waals surface area contributed by atoms with Gasteiger partial charge in [-0.3, -0.25) is 0 Å². The van der Waals surface area contributed by atoms with Crippen molar-refractivity contribution in [3.63, 3.8) is 0 Å². The van der Waals surface area contributed by atoms with E-state index in [0.717, 1.165) is 48.3 Å². The van der Waals surface area contributed by atoms with Crippen molar-refractivity contribution in [2.45, 2.75) is 25.8 Å². The molecule has 1 aromatic heterocycles. The number of hydrogen-bond acceptors (Lipinski definition) is 3.